The van der Waals surface area contributed by atoms with Crippen LogP contribution < -0.4 is 10.9 Å². The van der Waals surface area contributed by atoms with Gasteiger partial charge in [0.05, 0.1) is 7.11 Å². The average Bonchev–Trinajstić information content (AvgIpc) is 2.38. The van der Waals surface area contributed by atoms with Crippen LogP contribution in [-0.2, 0) is 22.5 Å². The molecule has 98 valence electrons. The predicted octanol–water partition coefficient (Wildman–Crippen LogP) is 0.555. The van der Waals surface area contributed by atoms with E-state index in [1.54, 1.807) is 10.6 Å². The number of rotatable bonds is 4. The molecule has 0 bridgehead atoms. The van der Waals surface area contributed by atoms with E-state index in [4.69, 9.17) is 0 Å². The first-order chi connectivity index (χ1) is 8.70. The minimum absolute atomic E-state index is 0.0275. The van der Waals surface area contributed by atoms with Crippen LogP contribution in [0.25, 0.3) is 0 Å². The number of hydrogen-bond acceptors (Lipinski definition) is 5. The average molecular weight is 251 g/mol. The van der Waals surface area contributed by atoms with E-state index in [2.05, 4.69) is 15.0 Å². The van der Waals surface area contributed by atoms with Gasteiger partial charge in [0.1, 0.15) is 0 Å². The maximum Gasteiger partial charge on any atom is 0.305 e. The number of methoxy groups -OCH3 is 1. The number of anilines is 1. The number of esters is 1. The molecule has 2 rings (SSSR count). The summed E-state index contributed by atoms with van der Waals surface area (Å²) in [5.74, 6) is 0.407. The van der Waals surface area contributed by atoms with E-state index in [0.29, 0.717) is 25.2 Å². The number of aromatic nitrogens is 2. The third-order valence-corrected chi connectivity index (χ3v) is 2.94. The van der Waals surface area contributed by atoms with Crippen LogP contribution in [0.5, 0.6) is 0 Å². The third kappa shape index (κ3) is 2.88. The number of hydrogen-bond donors (Lipinski definition) is 1. The lowest BCUT2D eigenvalue weighted by Crippen LogP contribution is -2.30. The van der Waals surface area contributed by atoms with Crippen LogP contribution in [0.4, 0.5) is 5.95 Å². The van der Waals surface area contributed by atoms with Crippen molar-refractivity contribution in [3.8, 4) is 0 Å². The summed E-state index contributed by atoms with van der Waals surface area (Å²) < 4.78 is 6.21. The molecule has 1 aromatic rings. The van der Waals surface area contributed by atoms with Crippen molar-refractivity contribution in [2.75, 3.05) is 19.0 Å². The summed E-state index contributed by atoms with van der Waals surface area (Å²) in [5.41, 5.74) is 0.699. The van der Waals surface area contributed by atoms with Crippen LogP contribution in [0.15, 0.2) is 10.9 Å². The Labute approximate surface area is 105 Å². The van der Waals surface area contributed by atoms with Crippen molar-refractivity contribution in [1.29, 1.82) is 0 Å². The first-order valence-electron chi connectivity index (χ1n) is 6.12. The largest absolute Gasteiger partial charge is 0.469 e. The Morgan fingerprint density at radius 2 is 2.44 bits per heavy atom. The second-order valence-corrected chi connectivity index (χ2v) is 4.27. The second-order valence-electron chi connectivity index (χ2n) is 4.27. The van der Waals surface area contributed by atoms with Gasteiger partial charge in [-0.1, -0.05) is 0 Å². The predicted molar refractivity (Wildman–Crippen MR) is 66.6 cm³/mol. The standard InChI is InChI=1S/C12H17N3O3/c1-18-11(17)5-2-4-9-8-10(16)15-7-3-6-13-12(15)14-9/h8H,2-7H2,1H3,(H,13,14). The molecule has 0 aliphatic carbocycles. The summed E-state index contributed by atoms with van der Waals surface area (Å²) >= 11 is 0. The molecular weight excluding hydrogens is 234 g/mol. The third-order valence-electron chi connectivity index (χ3n) is 2.94. The van der Waals surface area contributed by atoms with Crippen LogP contribution in [0.3, 0.4) is 0 Å². The molecule has 1 aromatic heterocycles. The fraction of sp³-hybridized carbons (Fsp3) is 0.583. The zero-order chi connectivity index (χ0) is 13.0. The molecule has 1 aliphatic rings. The number of fused-ring (bicyclic) bond motifs is 1. The second kappa shape index (κ2) is 5.66. The zero-order valence-corrected chi connectivity index (χ0v) is 10.4. The summed E-state index contributed by atoms with van der Waals surface area (Å²) in [6.07, 6.45) is 2.54. The van der Waals surface area contributed by atoms with Gasteiger partial charge in [0, 0.05) is 31.3 Å². The lowest BCUT2D eigenvalue weighted by atomic mass is 10.2. The van der Waals surface area contributed by atoms with Crippen molar-refractivity contribution in [2.24, 2.45) is 0 Å². The Hall–Kier alpha value is -1.85. The van der Waals surface area contributed by atoms with E-state index in [-0.39, 0.29) is 11.5 Å². The highest BCUT2D eigenvalue weighted by Crippen LogP contribution is 2.10. The molecule has 0 radical (unpaired) electrons. The van der Waals surface area contributed by atoms with E-state index in [1.807, 2.05) is 0 Å². The summed E-state index contributed by atoms with van der Waals surface area (Å²) in [5, 5.41) is 3.11. The Morgan fingerprint density at radius 3 is 3.22 bits per heavy atom. The zero-order valence-electron chi connectivity index (χ0n) is 10.4. The van der Waals surface area contributed by atoms with Gasteiger partial charge in [0.25, 0.3) is 5.56 Å². The Bertz CT molecular complexity index is 496. The van der Waals surface area contributed by atoms with Crippen molar-refractivity contribution in [2.45, 2.75) is 32.2 Å². The van der Waals surface area contributed by atoms with Crippen molar-refractivity contribution >= 4 is 11.9 Å². The molecule has 0 saturated carbocycles. The highest BCUT2D eigenvalue weighted by Gasteiger charge is 2.12. The summed E-state index contributed by atoms with van der Waals surface area (Å²) in [6, 6.07) is 1.55. The van der Waals surface area contributed by atoms with Gasteiger partial charge in [0.15, 0.2) is 0 Å². The van der Waals surface area contributed by atoms with Crippen molar-refractivity contribution in [3.05, 3.63) is 22.1 Å². The molecule has 18 heavy (non-hydrogen) atoms. The van der Waals surface area contributed by atoms with Gasteiger partial charge in [0.2, 0.25) is 5.95 Å². The van der Waals surface area contributed by atoms with E-state index in [0.717, 1.165) is 25.2 Å². The molecule has 1 aliphatic heterocycles. The normalized spacial score (nSPS) is 13.6. The number of nitrogens with zero attached hydrogens (tertiary/aromatic N) is 2. The highest BCUT2D eigenvalue weighted by atomic mass is 16.5. The molecule has 0 saturated heterocycles. The van der Waals surface area contributed by atoms with Gasteiger partial charge in [-0.2, -0.15) is 0 Å². The highest BCUT2D eigenvalue weighted by molar-refractivity contribution is 5.69. The SMILES string of the molecule is COC(=O)CCCc1cc(=O)n2c(n1)NCCC2. The number of carbonyl (C=O) groups excluding carboxylic acids is 1. The molecule has 2 heterocycles. The van der Waals surface area contributed by atoms with Crippen LogP contribution in [-0.4, -0.2) is 29.2 Å². The van der Waals surface area contributed by atoms with Gasteiger partial charge < -0.3 is 10.1 Å². The van der Waals surface area contributed by atoms with Gasteiger partial charge in [-0.3, -0.25) is 14.2 Å². The summed E-state index contributed by atoms with van der Waals surface area (Å²) in [6.45, 7) is 1.56. The number of aryl methyl sites for hydroxylation is 1. The molecule has 1 N–H and O–H groups in total. The molecule has 0 amide bonds. The number of carbonyl (C=O) groups is 1. The summed E-state index contributed by atoms with van der Waals surface area (Å²) in [7, 11) is 1.37. The lowest BCUT2D eigenvalue weighted by Gasteiger charge is -2.19. The number of ether oxygens (including phenoxy) is 1. The smallest absolute Gasteiger partial charge is 0.305 e. The Kier molecular flexibility index (Phi) is 3.96. The van der Waals surface area contributed by atoms with Crippen LogP contribution in [0, 0.1) is 0 Å². The molecule has 0 fully saturated rings. The lowest BCUT2D eigenvalue weighted by molar-refractivity contribution is -0.140. The van der Waals surface area contributed by atoms with Crippen LogP contribution in [0.2, 0.25) is 0 Å². The van der Waals surface area contributed by atoms with Crippen LogP contribution in [0.1, 0.15) is 25.0 Å². The van der Waals surface area contributed by atoms with Crippen molar-refractivity contribution in [3.63, 3.8) is 0 Å². The molecule has 0 unspecified atom stereocenters. The molecular formula is C12H17N3O3. The molecule has 0 atom stereocenters. The minimum Gasteiger partial charge on any atom is -0.469 e. The summed E-state index contributed by atoms with van der Waals surface area (Å²) in [4.78, 5) is 27.2. The molecule has 0 aromatic carbocycles. The number of nitrogens with one attached hydrogen (secondary N) is 1. The Balaban J connectivity index is 2.03. The van der Waals surface area contributed by atoms with Crippen LogP contribution >= 0.6 is 0 Å². The monoisotopic (exact) mass is 251 g/mol. The maximum absolute atomic E-state index is 11.8. The topological polar surface area (TPSA) is 73.2 Å². The van der Waals surface area contributed by atoms with E-state index in [1.165, 1.54) is 7.11 Å². The quantitative estimate of drug-likeness (QED) is 0.791. The fourth-order valence-corrected chi connectivity index (χ4v) is 1.99. The van der Waals surface area contributed by atoms with Gasteiger partial charge in [-0.05, 0) is 19.3 Å². The maximum atomic E-state index is 11.8. The fourth-order valence-electron chi connectivity index (χ4n) is 1.99. The van der Waals surface area contributed by atoms with E-state index < -0.39 is 0 Å². The first-order valence-corrected chi connectivity index (χ1v) is 6.12. The van der Waals surface area contributed by atoms with Crippen molar-refractivity contribution < 1.29 is 9.53 Å². The van der Waals surface area contributed by atoms with Crippen molar-refractivity contribution in [1.82, 2.24) is 9.55 Å². The first kappa shape index (κ1) is 12.6. The van der Waals surface area contributed by atoms with E-state index in [9.17, 15) is 9.59 Å². The van der Waals surface area contributed by atoms with E-state index >= 15 is 0 Å². The van der Waals surface area contributed by atoms with Gasteiger partial charge in [-0.15, -0.1) is 0 Å². The molecule has 6 nitrogen and oxygen atoms in total. The Morgan fingerprint density at radius 1 is 1.61 bits per heavy atom. The molecule has 6 heteroatoms. The minimum atomic E-state index is -0.234. The molecule has 0 spiro atoms. The van der Waals surface area contributed by atoms with Gasteiger partial charge >= 0.3 is 5.97 Å². The van der Waals surface area contributed by atoms with Gasteiger partial charge in [-0.25, -0.2) is 4.98 Å².